The maximum absolute atomic E-state index is 11.8. The molecule has 1 aromatic carbocycles. The van der Waals surface area contributed by atoms with Crippen molar-refractivity contribution in [2.75, 3.05) is 13.2 Å². The van der Waals surface area contributed by atoms with Gasteiger partial charge in [-0.05, 0) is 37.5 Å². The Labute approximate surface area is 109 Å². The molecular weight excluding hydrogens is 228 g/mol. The second kappa shape index (κ2) is 7.75. The Morgan fingerprint density at radius 2 is 1.94 bits per heavy atom. The van der Waals surface area contributed by atoms with E-state index in [0.29, 0.717) is 24.5 Å². The SMILES string of the molecule is CCCOc1cc(CCC)ccc1C(=O)OCC. The molecule has 0 fully saturated rings. The van der Waals surface area contributed by atoms with Crippen LogP contribution in [0.5, 0.6) is 5.75 Å². The smallest absolute Gasteiger partial charge is 0.341 e. The summed E-state index contributed by atoms with van der Waals surface area (Å²) in [6.45, 7) is 6.96. The molecule has 100 valence electrons. The summed E-state index contributed by atoms with van der Waals surface area (Å²) in [5.41, 5.74) is 1.71. The zero-order chi connectivity index (χ0) is 13.4. The molecule has 0 atom stereocenters. The Morgan fingerprint density at radius 1 is 1.17 bits per heavy atom. The largest absolute Gasteiger partial charge is 0.493 e. The molecule has 0 aliphatic carbocycles. The van der Waals surface area contributed by atoms with E-state index in [4.69, 9.17) is 9.47 Å². The molecule has 0 aliphatic heterocycles. The van der Waals surface area contributed by atoms with Gasteiger partial charge in [0.25, 0.3) is 0 Å². The first-order chi connectivity index (χ1) is 8.72. The van der Waals surface area contributed by atoms with Crippen LogP contribution in [0, 0.1) is 0 Å². The van der Waals surface area contributed by atoms with Crippen molar-refractivity contribution in [3.63, 3.8) is 0 Å². The third-order valence-corrected chi connectivity index (χ3v) is 2.54. The first-order valence-electron chi connectivity index (χ1n) is 6.65. The molecule has 0 amide bonds. The van der Waals surface area contributed by atoms with Gasteiger partial charge in [0.2, 0.25) is 0 Å². The lowest BCUT2D eigenvalue weighted by molar-refractivity contribution is 0.0521. The van der Waals surface area contributed by atoms with Gasteiger partial charge in [-0.1, -0.05) is 26.3 Å². The molecule has 0 aromatic heterocycles. The minimum Gasteiger partial charge on any atom is -0.493 e. The number of carbonyl (C=O) groups excluding carboxylic acids is 1. The standard InChI is InChI=1S/C15H22O3/c1-4-7-12-8-9-13(15(16)17-6-3)14(11-12)18-10-5-2/h8-9,11H,4-7,10H2,1-3H3. The van der Waals surface area contributed by atoms with Gasteiger partial charge in [0, 0.05) is 0 Å². The summed E-state index contributed by atoms with van der Waals surface area (Å²) < 4.78 is 10.7. The van der Waals surface area contributed by atoms with Crippen molar-refractivity contribution in [2.45, 2.75) is 40.0 Å². The Morgan fingerprint density at radius 3 is 2.56 bits per heavy atom. The van der Waals surface area contributed by atoms with Crippen molar-refractivity contribution in [1.82, 2.24) is 0 Å². The van der Waals surface area contributed by atoms with Crippen molar-refractivity contribution in [3.05, 3.63) is 29.3 Å². The molecule has 0 N–H and O–H groups in total. The van der Waals surface area contributed by atoms with Crippen molar-refractivity contribution in [2.24, 2.45) is 0 Å². The maximum atomic E-state index is 11.8. The van der Waals surface area contributed by atoms with Crippen LogP contribution in [0.3, 0.4) is 0 Å². The first-order valence-corrected chi connectivity index (χ1v) is 6.65. The van der Waals surface area contributed by atoms with Crippen LogP contribution in [-0.4, -0.2) is 19.2 Å². The first kappa shape index (κ1) is 14.6. The molecule has 18 heavy (non-hydrogen) atoms. The molecule has 0 spiro atoms. The van der Waals surface area contributed by atoms with Crippen molar-refractivity contribution in [1.29, 1.82) is 0 Å². The van der Waals surface area contributed by atoms with E-state index < -0.39 is 0 Å². The van der Waals surface area contributed by atoms with Gasteiger partial charge in [-0.2, -0.15) is 0 Å². The number of hydrogen-bond acceptors (Lipinski definition) is 3. The number of rotatable bonds is 7. The Bertz CT molecular complexity index is 385. The predicted molar refractivity (Wildman–Crippen MR) is 72.2 cm³/mol. The second-order valence-corrected chi connectivity index (χ2v) is 4.15. The van der Waals surface area contributed by atoms with Gasteiger partial charge in [0.1, 0.15) is 11.3 Å². The monoisotopic (exact) mass is 250 g/mol. The molecule has 0 aliphatic rings. The summed E-state index contributed by atoms with van der Waals surface area (Å²) in [6.07, 6.45) is 2.98. The van der Waals surface area contributed by atoms with E-state index in [1.807, 2.05) is 19.1 Å². The van der Waals surface area contributed by atoms with Gasteiger partial charge >= 0.3 is 5.97 Å². The van der Waals surface area contributed by atoms with Crippen LogP contribution in [-0.2, 0) is 11.2 Å². The van der Waals surface area contributed by atoms with E-state index in [2.05, 4.69) is 6.92 Å². The highest BCUT2D eigenvalue weighted by molar-refractivity contribution is 5.92. The predicted octanol–water partition coefficient (Wildman–Crippen LogP) is 3.60. The van der Waals surface area contributed by atoms with Gasteiger partial charge in [-0.15, -0.1) is 0 Å². The van der Waals surface area contributed by atoms with Gasteiger partial charge in [0.05, 0.1) is 13.2 Å². The highest BCUT2D eigenvalue weighted by Crippen LogP contribution is 2.22. The van der Waals surface area contributed by atoms with Gasteiger partial charge < -0.3 is 9.47 Å². The zero-order valence-corrected chi connectivity index (χ0v) is 11.5. The van der Waals surface area contributed by atoms with Crippen molar-refractivity contribution >= 4 is 5.97 Å². The van der Waals surface area contributed by atoms with Crippen LogP contribution in [0.1, 0.15) is 49.5 Å². The van der Waals surface area contributed by atoms with Crippen LogP contribution in [0.15, 0.2) is 18.2 Å². The average Bonchev–Trinajstić information content (AvgIpc) is 2.37. The molecule has 0 saturated heterocycles. The molecular formula is C15H22O3. The van der Waals surface area contributed by atoms with Gasteiger partial charge in [-0.25, -0.2) is 4.79 Å². The summed E-state index contributed by atoms with van der Waals surface area (Å²) in [6, 6.07) is 5.72. The number of carbonyl (C=O) groups is 1. The lowest BCUT2D eigenvalue weighted by Gasteiger charge is -2.12. The van der Waals surface area contributed by atoms with Gasteiger partial charge in [0.15, 0.2) is 0 Å². The molecule has 0 saturated carbocycles. The fourth-order valence-electron chi connectivity index (χ4n) is 1.72. The van der Waals surface area contributed by atoms with Crippen molar-refractivity contribution < 1.29 is 14.3 Å². The average molecular weight is 250 g/mol. The second-order valence-electron chi connectivity index (χ2n) is 4.15. The minimum atomic E-state index is -0.313. The molecule has 1 aromatic rings. The van der Waals surface area contributed by atoms with E-state index >= 15 is 0 Å². The number of esters is 1. The van der Waals surface area contributed by atoms with Crippen LogP contribution in [0.25, 0.3) is 0 Å². The number of benzene rings is 1. The fraction of sp³-hybridized carbons (Fsp3) is 0.533. The topological polar surface area (TPSA) is 35.5 Å². The number of ether oxygens (including phenoxy) is 2. The summed E-state index contributed by atoms with van der Waals surface area (Å²) >= 11 is 0. The lowest BCUT2D eigenvalue weighted by atomic mass is 10.1. The summed E-state index contributed by atoms with van der Waals surface area (Å²) in [7, 11) is 0. The maximum Gasteiger partial charge on any atom is 0.341 e. The van der Waals surface area contributed by atoms with Crippen LogP contribution in [0.2, 0.25) is 0 Å². The summed E-state index contributed by atoms with van der Waals surface area (Å²) in [5.74, 6) is 0.327. The quantitative estimate of drug-likeness (QED) is 0.693. The molecule has 0 heterocycles. The van der Waals surface area contributed by atoms with Crippen LogP contribution in [0.4, 0.5) is 0 Å². The third kappa shape index (κ3) is 4.06. The van der Waals surface area contributed by atoms with Crippen molar-refractivity contribution in [3.8, 4) is 5.75 Å². The zero-order valence-electron chi connectivity index (χ0n) is 11.5. The highest BCUT2D eigenvalue weighted by Gasteiger charge is 2.14. The molecule has 0 unspecified atom stereocenters. The molecule has 0 radical (unpaired) electrons. The molecule has 3 heteroatoms. The Balaban J connectivity index is 2.95. The summed E-state index contributed by atoms with van der Waals surface area (Å²) in [4.78, 5) is 11.8. The molecule has 3 nitrogen and oxygen atoms in total. The Hall–Kier alpha value is -1.51. The van der Waals surface area contributed by atoms with Crippen LogP contribution < -0.4 is 4.74 Å². The number of hydrogen-bond donors (Lipinski definition) is 0. The highest BCUT2D eigenvalue weighted by atomic mass is 16.5. The molecule has 0 bridgehead atoms. The third-order valence-electron chi connectivity index (χ3n) is 2.54. The Kier molecular flexibility index (Phi) is 6.26. The number of aryl methyl sites for hydroxylation is 1. The van der Waals surface area contributed by atoms with E-state index in [-0.39, 0.29) is 5.97 Å². The summed E-state index contributed by atoms with van der Waals surface area (Å²) in [5, 5.41) is 0. The fourth-order valence-corrected chi connectivity index (χ4v) is 1.72. The van der Waals surface area contributed by atoms with E-state index in [1.165, 1.54) is 5.56 Å². The minimum absolute atomic E-state index is 0.313. The normalized spacial score (nSPS) is 10.2. The van der Waals surface area contributed by atoms with E-state index in [1.54, 1.807) is 13.0 Å². The van der Waals surface area contributed by atoms with Crippen LogP contribution >= 0.6 is 0 Å². The lowest BCUT2D eigenvalue weighted by Crippen LogP contribution is -2.08. The molecule has 1 rings (SSSR count). The van der Waals surface area contributed by atoms with Gasteiger partial charge in [-0.3, -0.25) is 0 Å². The van der Waals surface area contributed by atoms with E-state index in [0.717, 1.165) is 19.3 Å². The van der Waals surface area contributed by atoms with E-state index in [9.17, 15) is 4.79 Å².